The van der Waals surface area contributed by atoms with E-state index in [0.29, 0.717) is 0 Å². The molecule has 0 aliphatic rings. The average Bonchev–Trinajstić information content (AvgIpc) is 2.81. The van der Waals surface area contributed by atoms with Crippen LogP contribution < -0.4 is 4.74 Å². The highest BCUT2D eigenvalue weighted by Gasteiger charge is 1.97. The quantitative estimate of drug-likeness (QED) is 0.184. The van der Waals surface area contributed by atoms with Crippen molar-refractivity contribution >= 4 is 11.9 Å². The fraction of sp³-hybridized carbons (Fsp3) is 0.552. The van der Waals surface area contributed by atoms with Crippen LogP contribution in [0.4, 0.5) is 5.69 Å². The molecule has 0 amide bonds. The lowest BCUT2D eigenvalue weighted by molar-refractivity contribution is 0.309. The summed E-state index contributed by atoms with van der Waals surface area (Å²) in [5.41, 5.74) is 3.53. The molecule has 0 aliphatic heterocycles. The van der Waals surface area contributed by atoms with Gasteiger partial charge >= 0.3 is 0 Å². The number of aliphatic imine (C=N–C) groups is 1. The van der Waals surface area contributed by atoms with Crippen LogP contribution in [0, 0.1) is 0 Å². The van der Waals surface area contributed by atoms with E-state index < -0.39 is 0 Å². The first-order valence-corrected chi connectivity index (χ1v) is 12.7. The van der Waals surface area contributed by atoms with Gasteiger partial charge in [-0.25, -0.2) is 0 Å². The van der Waals surface area contributed by atoms with Crippen molar-refractivity contribution in [3.05, 3.63) is 59.7 Å². The van der Waals surface area contributed by atoms with Crippen LogP contribution >= 0.6 is 0 Å². The zero-order valence-corrected chi connectivity index (χ0v) is 20.0. The van der Waals surface area contributed by atoms with E-state index in [2.05, 4.69) is 55.2 Å². The van der Waals surface area contributed by atoms with E-state index in [0.717, 1.165) is 36.4 Å². The van der Waals surface area contributed by atoms with E-state index in [4.69, 9.17) is 4.74 Å². The second-order valence-electron chi connectivity index (χ2n) is 8.63. The zero-order valence-electron chi connectivity index (χ0n) is 20.0. The summed E-state index contributed by atoms with van der Waals surface area (Å²) in [5, 5.41) is 0. The molecule has 0 fully saturated rings. The van der Waals surface area contributed by atoms with Crippen molar-refractivity contribution in [1.82, 2.24) is 0 Å². The van der Waals surface area contributed by atoms with Gasteiger partial charge in [-0.2, -0.15) is 0 Å². The van der Waals surface area contributed by atoms with E-state index in [1.165, 1.54) is 76.2 Å². The second kappa shape index (κ2) is 16.6. The van der Waals surface area contributed by atoms with Crippen molar-refractivity contribution in [3.8, 4) is 5.75 Å². The standard InChI is InChI=1S/C29H43NO/c1-3-5-7-8-9-10-11-12-13-14-15-26-16-20-28(21-17-26)30-25-27-18-22-29(23-19-27)31-24-6-4-2/h16-23,25H,3-15,24H2,1-2H3. The first-order valence-electron chi connectivity index (χ1n) is 12.7. The summed E-state index contributed by atoms with van der Waals surface area (Å²) in [6, 6.07) is 16.9. The Kier molecular flexibility index (Phi) is 13.5. The highest BCUT2D eigenvalue weighted by molar-refractivity contribution is 5.82. The smallest absolute Gasteiger partial charge is 0.119 e. The summed E-state index contributed by atoms with van der Waals surface area (Å²) in [7, 11) is 0. The number of unbranched alkanes of at least 4 members (excludes halogenated alkanes) is 10. The molecule has 0 saturated heterocycles. The van der Waals surface area contributed by atoms with Crippen molar-refractivity contribution in [1.29, 1.82) is 0 Å². The third kappa shape index (κ3) is 11.8. The maximum atomic E-state index is 5.71. The van der Waals surface area contributed by atoms with Crippen LogP contribution in [0.15, 0.2) is 53.5 Å². The molecule has 0 heterocycles. The Bertz CT molecular complexity index is 703. The van der Waals surface area contributed by atoms with Crippen molar-refractivity contribution in [2.24, 2.45) is 4.99 Å². The predicted octanol–water partition coefficient (Wildman–Crippen LogP) is 9.08. The molecule has 0 aliphatic carbocycles. The molecule has 170 valence electrons. The summed E-state index contributed by atoms with van der Waals surface area (Å²) in [5.74, 6) is 0.932. The number of benzene rings is 2. The minimum atomic E-state index is 0.787. The summed E-state index contributed by atoms with van der Waals surface area (Å²) >= 11 is 0. The Morgan fingerprint density at radius 1 is 0.645 bits per heavy atom. The highest BCUT2D eigenvalue weighted by Crippen LogP contribution is 2.17. The summed E-state index contributed by atoms with van der Waals surface area (Å²) in [6.45, 7) is 5.24. The van der Waals surface area contributed by atoms with Gasteiger partial charge in [0.15, 0.2) is 0 Å². The van der Waals surface area contributed by atoms with E-state index >= 15 is 0 Å². The molecule has 2 aromatic carbocycles. The lowest BCUT2D eigenvalue weighted by Crippen LogP contribution is -1.96. The van der Waals surface area contributed by atoms with Crippen LogP contribution in [0.2, 0.25) is 0 Å². The fourth-order valence-electron chi connectivity index (χ4n) is 3.70. The van der Waals surface area contributed by atoms with Crippen molar-refractivity contribution in [2.75, 3.05) is 6.61 Å². The second-order valence-corrected chi connectivity index (χ2v) is 8.63. The van der Waals surface area contributed by atoms with Gasteiger partial charge in [-0.3, -0.25) is 4.99 Å². The summed E-state index contributed by atoms with van der Waals surface area (Å²) < 4.78 is 5.71. The lowest BCUT2D eigenvalue weighted by Gasteiger charge is -2.05. The molecule has 0 spiro atoms. The Hall–Kier alpha value is -2.09. The van der Waals surface area contributed by atoms with Gasteiger partial charge in [-0.05, 0) is 66.8 Å². The number of ether oxygens (including phenoxy) is 1. The maximum Gasteiger partial charge on any atom is 0.119 e. The summed E-state index contributed by atoms with van der Waals surface area (Å²) in [6.07, 6.45) is 19.3. The van der Waals surface area contributed by atoms with Crippen LogP contribution in [0.1, 0.15) is 102 Å². The molecule has 0 atom stereocenters. The topological polar surface area (TPSA) is 21.6 Å². The predicted molar refractivity (Wildman–Crippen MR) is 136 cm³/mol. The van der Waals surface area contributed by atoms with E-state index in [-0.39, 0.29) is 0 Å². The van der Waals surface area contributed by atoms with Crippen LogP contribution in [0.25, 0.3) is 0 Å². The molecule has 0 radical (unpaired) electrons. The third-order valence-corrected chi connectivity index (χ3v) is 5.76. The van der Waals surface area contributed by atoms with Crippen molar-refractivity contribution in [3.63, 3.8) is 0 Å². The van der Waals surface area contributed by atoms with Crippen LogP contribution in [-0.2, 0) is 6.42 Å². The molecular formula is C29H43NO. The number of rotatable bonds is 17. The SMILES string of the molecule is CCCCCCCCCCCCc1ccc(N=Cc2ccc(OCCCC)cc2)cc1. The van der Waals surface area contributed by atoms with Gasteiger partial charge in [0.05, 0.1) is 12.3 Å². The Labute approximate surface area is 191 Å². The van der Waals surface area contributed by atoms with Gasteiger partial charge in [0.25, 0.3) is 0 Å². The van der Waals surface area contributed by atoms with Gasteiger partial charge in [0, 0.05) is 6.21 Å². The molecule has 0 saturated carbocycles. The maximum absolute atomic E-state index is 5.71. The Morgan fingerprint density at radius 2 is 1.23 bits per heavy atom. The molecule has 31 heavy (non-hydrogen) atoms. The van der Waals surface area contributed by atoms with E-state index in [1.807, 2.05) is 18.3 Å². The van der Waals surface area contributed by atoms with Gasteiger partial charge in [-0.15, -0.1) is 0 Å². The molecule has 0 unspecified atom stereocenters. The Morgan fingerprint density at radius 3 is 1.84 bits per heavy atom. The van der Waals surface area contributed by atoms with Crippen LogP contribution in [0.5, 0.6) is 5.75 Å². The minimum Gasteiger partial charge on any atom is -0.494 e. The zero-order chi connectivity index (χ0) is 22.0. The van der Waals surface area contributed by atoms with Gasteiger partial charge < -0.3 is 4.74 Å². The highest BCUT2D eigenvalue weighted by atomic mass is 16.5. The first kappa shape index (κ1) is 25.2. The number of hydrogen-bond acceptors (Lipinski definition) is 2. The van der Waals surface area contributed by atoms with Gasteiger partial charge in [0.2, 0.25) is 0 Å². The first-order chi connectivity index (χ1) is 15.3. The largest absolute Gasteiger partial charge is 0.494 e. The minimum absolute atomic E-state index is 0.787. The normalized spacial score (nSPS) is 11.3. The van der Waals surface area contributed by atoms with E-state index in [1.54, 1.807) is 0 Å². The number of nitrogens with zero attached hydrogens (tertiary/aromatic N) is 1. The number of aryl methyl sites for hydroxylation is 1. The van der Waals surface area contributed by atoms with Crippen LogP contribution in [0.3, 0.4) is 0 Å². The molecule has 2 nitrogen and oxygen atoms in total. The molecule has 2 heteroatoms. The Balaban J connectivity index is 1.61. The van der Waals surface area contributed by atoms with Crippen LogP contribution in [-0.4, -0.2) is 12.8 Å². The average molecular weight is 422 g/mol. The number of hydrogen-bond donors (Lipinski definition) is 0. The van der Waals surface area contributed by atoms with E-state index in [9.17, 15) is 0 Å². The molecule has 0 bridgehead atoms. The molecular weight excluding hydrogens is 378 g/mol. The molecule has 0 N–H and O–H groups in total. The molecule has 2 aromatic rings. The molecule has 0 aromatic heterocycles. The van der Waals surface area contributed by atoms with Gasteiger partial charge in [0.1, 0.15) is 5.75 Å². The lowest BCUT2D eigenvalue weighted by atomic mass is 10.0. The van der Waals surface area contributed by atoms with Crippen molar-refractivity contribution < 1.29 is 4.74 Å². The monoisotopic (exact) mass is 421 g/mol. The summed E-state index contributed by atoms with van der Waals surface area (Å²) in [4.78, 5) is 4.61. The third-order valence-electron chi connectivity index (χ3n) is 5.76. The van der Waals surface area contributed by atoms with Gasteiger partial charge in [-0.1, -0.05) is 90.2 Å². The molecule has 2 rings (SSSR count). The fourth-order valence-corrected chi connectivity index (χ4v) is 3.70. The van der Waals surface area contributed by atoms with Crippen molar-refractivity contribution in [2.45, 2.75) is 97.3 Å².